The highest BCUT2D eigenvalue weighted by Gasteiger charge is 2.22. The molecule has 0 bridgehead atoms. The number of alkyl halides is 3. The fourth-order valence-corrected chi connectivity index (χ4v) is 0.597. The lowest BCUT2D eigenvalue weighted by Gasteiger charge is -2.23. The van der Waals surface area contributed by atoms with Crippen molar-refractivity contribution in [2.75, 3.05) is 5.88 Å². The molecule has 0 saturated carbocycles. The molecule has 5 heteroatoms. The van der Waals surface area contributed by atoms with Crippen molar-refractivity contribution in [1.82, 2.24) is 5.32 Å². The van der Waals surface area contributed by atoms with Crippen molar-refractivity contribution in [1.29, 1.82) is 0 Å². The second-order valence-corrected chi connectivity index (χ2v) is 4.17. The molecule has 0 saturated heterocycles. The predicted molar refractivity (Wildman–Crippen MR) is 48.4 cm³/mol. The normalized spacial score (nSPS) is 11.8. The zero-order valence-corrected chi connectivity index (χ0v) is 8.59. The van der Waals surface area contributed by atoms with E-state index in [-0.39, 0.29) is 0 Å². The van der Waals surface area contributed by atoms with Gasteiger partial charge in [0.2, 0.25) is 0 Å². The van der Waals surface area contributed by atoms with Crippen LogP contribution < -0.4 is 5.32 Å². The summed E-state index contributed by atoms with van der Waals surface area (Å²) in [5, 5.41) is 2.57. The van der Waals surface area contributed by atoms with Gasteiger partial charge < -0.3 is 5.32 Å². The molecule has 11 heavy (non-hydrogen) atoms. The molecule has 0 atom stereocenters. The van der Waals surface area contributed by atoms with E-state index in [4.69, 9.17) is 34.8 Å². The highest BCUT2D eigenvalue weighted by atomic mass is 35.5. The molecule has 0 aromatic rings. The predicted octanol–water partition coefficient (Wildman–Crippen LogP) is 1.92. The summed E-state index contributed by atoms with van der Waals surface area (Å²) in [5.74, 6) is -0.0989. The second kappa shape index (κ2) is 4.39. The van der Waals surface area contributed by atoms with Crippen molar-refractivity contribution in [2.24, 2.45) is 0 Å². The molecule has 0 rings (SSSR count). The highest BCUT2D eigenvalue weighted by molar-refractivity contribution is 6.53. The Balaban J connectivity index is 3.94. The lowest BCUT2D eigenvalue weighted by molar-refractivity contribution is -0.120. The van der Waals surface area contributed by atoms with E-state index in [0.29, 0.717) is 5.88 Å². The Kier molecular flexibility index (Phi) is 4.52. The molecule has 0 heterocycles. The minimum Gasteiger partial charge on any atom is -0.348 e. The average molecular weight is 219 g/mol. The fourth-order valence-electron chi connectivity index (χ4n) is 0.421. The molecule has 0 fully saturated rings. The Hall–Kier alpha value is 0.340. The molecule has 0 aliphatic rings. The summed E-state index contributed by atoms with van der Waals surface area (Å²) in [5.41, 5.74) is -0.458. The molecule has 0 aromatic heterocycles. The zero-order valence-electron chi connectivity index (χ0n) is 6.33. The van der Waals surface area contributed by atoms with Crippen LogP contribution in [0.1, 0.15) is 13.8 Å². The van der Waals surface area contributed by atoms with Crippen molar-refractivity contribution in [3.8, 4) is 0 Å². The van der Waals surface area contributed by atoms with Gasteiger partial charge in [0.05, 0.1) is 0 Å². The number of amides is 1. The van der Waals surface area contributed by atoms with Crippen LogP contribution in [0.4, 0.5) is 0 Å². The van der Waals surface area contributed by atoms with Crippen LogP contribution >= 0.6 is 34.8 Å². The minimum atomic E-state index is -1.03. The van der Waals surface area contributed by atoms with Crippen molar-refractivity contribution in [3.05, 3.63) is 0 Å². The van der Waals surface area contributed by atoms with Crippen molar-refractivity contribution in [3.63, 3.8) is 0 Å². The van der Waals surface area contributed by atoms with Crippen LogP contribution in [0.15, 0.2) is 0 Å². The zero-order chi connectivity index (χ0) is 9.07. The first kappa shape index (κ1) is 11.3. The molecule has 0 aliphatic carbocycles. The lowest BCUT2D eigenvalue weighted by atomic mass is 10.1. The maximum absolute atomic E-state index is 10.9. The molecular weight excluding hydrogens is 208 g/mol. The van der Waals surface area contributed by atoms with Gasteiger partial charge in [-0.3, -0.25) is 4.79 Å². The van der Waals surface area contributed by atoms with Gasteiger partial charge in [-0.25, -0.2) is 0 Å². The summed E-state index contributed by atoms with van der Waals surface area (Å²) >= 11 is 16.1. The number of carbonyl (C=O) groups excluding carboxylic acids is 1. The van der Waals surface area contributed by atoms with Crippen LogP contribution in [0, 0.1) is 0 Å². The summed E-state index contributed by atoms with van der Waals surface area (Å²) in [6, 6.07) is 0. The number of hydrogen-bond acceptors (Lipinski definition) is 1. The van der Waals surface area contributed by atoms with E-state index in [1.54, 1.807) is 13.8 Å². The lowest BCUT2D eigenvalue weighted by Crippen LogP contribution is -2.46. The van der Waals surface area contributed by atoms with E-state index in [1.165, 1.54) is 0 Å². The summed E-state index contributed by atoms with van der Waals surface area (Å²) in [6.45, 7) is 3.57. The molecule has 66 valence electrons. The maximum Gasteiger partial charge on any atom is 0.253 e. The standard InChI is InChI=1S/C6H10Cl3NO/c1-6(2,3-7)10-5(11)4(8)9/h4H,3H2,1-2H3,(H,10,11). The minimum absolute atomic E-state index is 0.319. The van der Waals surface area contributed by atoms with Gasteiger partial charge in [-0.15, -0.1) is 11.6 Å². The molecule has 1 N–H and O–H groups in total. The summed E-state index contributed by atoms with van der Waals surface area (Å²) < 4.78 is 0. The van der Waals surface area contributed by atoms with Gasteiger partial charge >= 0.3 is 0 Å². The van der Waals surface area contributed by atoms with Crippen LogP contribution in [0.2, 0.25) is 0 Å². The Labute approximate surface area is 81.2 Å². The van der Waals surface area contributed by atoms with Gasteiger partial charge in [0.15, 0.2) is 4.84 Å². The van der Waals surface area contributed by atoms with Crippen LogP contribution in [0.3, 0.4) is 0 Å². The number of hydrogen-bond donors (Lipinski definition) is 1. The van der Waals surface area contributed by atoms with E-state index in [1.807, 2.05) is 0 Å². The molecule has 0 spiro atoms. The van der Waals surface area contributed by atoms with Gasteiger partial charge in [0.1, 0.15) is 0 Å². The summed E-state index contributed by atoms with van der Waals surface area (Å²) in [6.07, 6.45) is 0. The number of carbonyl (C=O) groups is 1. The Morgan fingerprint density at radius 2 is 2.00 bits per heavy atom. The Morgan fingerprint density at radius 1 is 1.55 bits per heavy atom. The number of rotatable bonds is 3. The van der Waals surface area contributed by atoms with Crippen LogP contribution in [0.5, 0.6) is 0 Å². The molecule has 0 aliphatic heterocycles. The number of halogens is 3. The van der Waals surface area contributed by atoms with Gasteiger partial charge in [-0.1, -0.05) is 23.2 Å². The Bertz CT molecular complexity index is 147. The first-order valence-electron chi connectivity index (χ1n) is 3.05. The van der Waals surface area contributed by atoms with E-state index in [9.17, 15) is 4.79 Å². The number of nitrogens with one attached hydrogen (secondary N) is 1. The first-order chi connectivity index (χ1) is 4.89. The molecule has 2 nitrogen and oxygen atoms in total. The quantitative estimate of drug-likeness (QED) is 0.721. The van der Waals surface area contributed by atoms with Crippen molar-refractivity contribution >= 4 is 40.7 Å². The SMILES string of the molecule is CC(C)(CCl)NC(=O)C(Cl)Cl. The third kappa shape index (κ3) is 4.72. The topological polar surface area (TPSA) is 29.1 Å². The smallest absolute Gasteiger partial charge is 0.253 e. The summed E-state index contributed by atoms with van der Waals surface area (Å²) in [4.78, 5) is 9.85. The second-order valence-electron chi connectivity index (χ2n) is 2.81. The fraction of sp³-hybridized carbons (Fsp3) is 0.833. The van der Waals surface area contributed by atoms with E-state index < -0.39 is 16.3 Å². The average Bonchev–Trinajstić information content (AvgIpc) is 1.87. The van der Waals surface area contributed by atoms with E-state index in [0.717, 1.165) is 0 Å². The third-order valence-corrected chi connectivity index (χ3v) is 2.06. The molecule has 1 amide bonds. The van der Waals surface area contributed by atoms with E-state index in [2.05, 4.69) is 5.32 Å². The molecule has 0 unspecified atom stereocenters. The first-order valence-corrected chi connectivity index (χ1v) is 4.46. The largest absolute Gasteiger partial charge is 0.348 e. The van der Waals surface area contributed by atoms with Gasteiger partial charge in [-0.05, 0) is 13.8 Å². The van der Waals surface area contributed by atoms with Crippen LogP contribution in [-0.4, -0.2) is 22.2 Å². The van der Waals surface area contributed by atoms with Crippen molar-refractivity contribution < 1.29 is 4.79 Å². The van der Waals surface area contributed by atoms with Crippen LogP contribution in [0.25, 0.3) is 0 Å². The van der Waals surface area contributed by atoms with Crippen LogP contribution in [-0.2, 0) is 4.79 Å². The van der Waals surface area contributed by atoms with Crippen molar-refractivity contribution in [2.45, 2.75) is 24.2 Å². The van der Waals surface area contributed by atoms with Gasteiger partial charge in [0.25, 0.3) is 5.91 Å². The summed E-state index contributed by atoms with van der Waals surface area (Å²) in [7, 11) is 0. The highest BCUT2D eigenvalue weighted by Crippen LogP contribution is 2.08. The van der Waals surface area contributed by atoms with Gasteiger partial charge in [-0.2, -0.15) is 0 Å². The maximum atomic E-state index is 10.9. The third-order valence-electron chi connectivity index (χ3n) is 0.994. The van der Waals surface area contributed by atoms with Gasteiger partial charge in [0, 0.05) is 11.4 Å². The molecule has 0 radical (unpaired) electrons. The molecule has 0 aromatic carbocycles. The monoisotopic (exact) mass is 217 g/mol. The Morgan fingerprint density at radius 3 is 2.27 bits per heavy atom. The molecular formula is C6H10Cl3NO. The van der Waals surface area contributed by atoms with E-state index >= 15 is 0 Å².